The third-order valence-electron chi connectivity index (χ3n) is 3.94. The maximum absolute atomic E-state index is 11.7. The smallest absolute Gasteiger partial charge is 0.315 e. The van der Waals surface area contributed by atoms with E-state index < -0.39 is 5.41 Å². The van der Waals surface area contributed by atoms with Gasteiger partial charge in [-0.1, -0.05) is 27.2 Å². The van der Waals surface area contributed by atoms with Crippen molar-refractivity contribution in [3.05, 3.63) is 0 Å². The number of nitrogens with one attached hydrogen (secondary N) is 3. The molecule has 0 aromatic carbocycles. The molecule has 3 amide bonds. The van der Waals surface area contributed by atoms with Gasteiger partial charge in [-0.15, -0.1) is 0 Å². The summed E-state index contributed by atoms with van der Waals surface area (Å²) in [5.41, 5.74) is -0.442. The van der Waals surface area contributed by atoms with Crippen molar-refractivity contribution in [3.8, 4) is 0 Å². The van der Waals surface area contributed by atoms with E-state index in [1.807, 2.05) is 27.0 Å². The van der Waals surface area contributed by atoms with Crippen LogP contribution in [0.2, 0.25) is 0 Å². The maximum Gasteiger partial charge on any atom is 0.315 e. The SMILES string of the molecule is CSC[C@@H]1NC(=O)NC1CCCCC(=O)OCCNC(=O)C(C)(C)C. The van der Waals surface area contributed by atoms with Crippen molar-refractivity contribution >= 4 is 29.7 Å². The van der Waals surface area contributed by atoms with E-state index in [1.165, 1.54) is 0 Å². The minimum absolute atomic E-state index is 0.0597. The van der Waals surface area contributed by atoms with Crippen LogP contribution in [-0.2, 0) is 14.3 Å². The molecular formula is C17H31N3O4S. The summed E-state index contributed by atoms with van der Waals surface area (Å²) >= 11 is 1.70. The molecule has 0 saturated carbocycles. The van der Waals surface area contributed by atoms with Gasteiger partial charge in [0.25, 0.3) is 0 Å². The van der Waals surface area contributed by atoms with Gasteiger partial charge in [-0.2, -0.15) is 11.8 Å². The van der Waals surface area contributed by atoms with Gasteiger partial charge in [0.05, 0.1) is 18.6 Å². The molecule has 3 N–H and O–H groups in total. The van der Waals surface area contributed by atoms with Crippen molar-refractivity contribution in [3.63, 3.8) is 0 Å². The Morgan fingerprint density at radius 3 is 2.52 bits per heavy atom. The molecule has 1 aliphatic rings. The summed E-state index contributed by atoms with van der Waals surface area (Å²) in [5.74, 6) is 0.570. The van der Waals surface area contributed by atoms with Gasteiger partial charge in [0.1, 0.15) is 6.61 Å². The fourth-order valence-corrected chi connectivity index (χ4v) is 3.17. The molecule has 0 radical (unpaired) electrons. The number of thioether (sulfide) groups is 1. The molecule has 0 aliphatic carbocycles. The van der Waals surface area contributed by atoms with Crippen LogP contribution in [0.5, 0.6) is 0 Å². The first-order chi connectivity index (χ1) is 11.7. The molecule has 1 fully saturated rings. The summed E-state index contributed by atoms with van der Waals surface area (Å²) in [6.07, 6.45) is 4.80. The minimum atomic E-state index is -0.442. The third kappa shape index (κ3) is 8.47. The second-order valence-corrected chi connectivity index (χ2v) is 8.17. The molecule has 1 rings (SSSR count). The van der Waals surface area contributed by atoms with Gasteiger partial charge in [-0.25, -0.2) is 4.79 Å². The monoisotopic (exact) mass is 373 g/mol. The van der Waals surface area contributed by atoms with Crippen LogP contribution in [0.25, 0.3) is 0 Å². The van der Waals surface area contributed by atoms with Gasteiger partial charge in [-0.05, 0) is 19.1 Å². The second kappa shape index (κ2) is 10.5. The van der Waals surface area contributed by atoms with Gasteiger partial charge >= 0.3 is 12.0 Å². The first kappa shape index (κ1) is 21.6. The normalized spacial score (nSPS) is 19.9. The van der Waals surface area contributed by atoms with Crippen molar-refractivity contribution in [1.29, 1.82) is 0 Å². The summed E-state index contributed by atoms with van der Waals surface area (Å²) in [5, 5.41) is 8.57. The fraction of sp³-hybridized carbons (Fsp3) is 0.824. The Bertz CT molecular complexity index is 465. The molecule has 144 valence electrons. The zero-order valence-electron chi connectivity index (χ0n) is 15.6. The fourth-order valence-electron chi connectivity index (χ4n) is 2.49. The first-order valence-corrected chi connectivity index (χ1v) is 10.1. The van der Waals surface area contributed by atoms with Crippen LogP contribution < -0.4 is 16.0 Å². The average Bonchev–Trinajstić information content (AvgIpc) is 2.87. The lowest BCUT2D eigenvalue weighted by molar-refractivity contribution is -0.144. The molecular weight excluding hydrogens is 342 g/mol. The van der Waals surface area contributed by atoms with Crippen LogP contribution >= 0.6 is 11.8 Å². The second-order valence-electron chi connectivity index (χ2n) is 7.26. The Hall–Kier alpha value is -1.44. The lowest BCUT2D eigenvalue weighted by Crippen LogP contribution is -2.37. The standard InChI is InChI=1S/C17H31N3O4S/c1-17(2,3)15(22)18-9-10-24-14(21)8-6-5-7-12-13(11-25-4)20-16(23)19-12/h12-13H,5-11H2,1-4H3,(H,18,22)(H2,19,20,23)/t12?,13-/m0/s1. The lowest BCUT2D eigenvalue weighted by Gasteiger charge is -2.17. The first-order valence-electron chi connectivity index (χ1n) is 8.74. The van der Waals surface area contributed by atoms with Gasteiger partial charge in [0.15, 0.2) is 0 Å². The number of hydrogen-bond donors (Lipinski definition) is 3. The molecule has 0 bridgehead atoms. The van der Waals surface area contributed by atoms with Crippen LogP contribution in [0, 0.1) is 5.41 Å². The number of hydrogen-bond acceptors (Lipinski definition) is 5. The Labute approximate surface area is 154 Å². The number of ether oxygens (including phenoxy) is 1. The molecule has 2 atom stereocenters. The van der Waals surface area contributed by atoms with E-state index in [2.05, 4.69) is 16.0 Å². The molecule has 1 aliphatic heterocycles. The number of esters is 1. The molecule has 0 spiro atoms. The van der Waals surface area contributed by atoms with Crippen LogP contribution in [0.1, 0.15) is 46.5 Å². The van der Waals surface area contributed by atoms with Gasteiger partial charge in [-0.3, -0.25) is 9.59 Å². The number of amides is 3. The summed E-state index contributed by atoms with van der Waals surface area (Å²) in [7, 11) is 0. The molecule has 0 aromatic heterocycles. The van der Waals surface area contributed by atoms with Crippen LogP contribution in [0.4, 0.5) is 4.79 Å². The molecule has 1 saturated heterocycles. The number of carbonyl (C=O) groups excluding carboxylic acids is 3. The summed E-state index contributed by atoms with van der Waals surface area (Å²) in [4.78, 5) is 34.7. The molecule has 8 heteroatoms. The molecule has 25 heavy (non-hydrogen) atoms. The number of unbranched alkanes of at least 4 members (excludes halogenated alkanes) is 1. The van der Waals surface area contributed by atoms with Crippen LogP contribution in [0.3, 0.4) is 0 Å². The van der Waals surface area contributed by atoms with Crippen molar-refractivity contribution in [2.45, 2.75) is 58.5 Å². The van der Waals surface area contributed by atoms with E-state index in [9.17, 15) is 14.4 Å². The Balaban J connectivity index is 2.09. The predicted molar refractivity (Wildman–Crippen MR) is 99.5 cm³/mol. The van der Waals surface area contributed by atoms with E-state index >= 15 is 0 Å². The van der Waals surface area contributed by atoms with Crippen LogP contribution in [-0.4, -0.2) is 55.2 Å². The lowest BCUT2D eigenvalue weighted by atomic mass is 9.96. The largest absolute Gasteiger partial charge is 0.464 e. The molecule has 7 nitrogen and oxygen atoms in total. The van der Waals surface area contributed by atoms with Gasteiger partial charge in [0, 0.05) is 17.6 Å². The van der Waals surface area contributed by atoms with Crippen molar-refractivity contribution < 1.29 is 19.1 Å². The highest BCUT2D eigenvalue weighted by molar-refractivity contribution is 7.98. The Kier molecular flexibility index (Phi) is 9.10. The summed E-state index contributed by atoms with van der Waals surface area (Å²) < 4.78 is 5.11. The quantitative estimate of drug-likeness (QED) is 0.400. The minimum Gasteiger partial charge on any atom is -0.464 e. The van der Waals surface area contributed by atoms with Crippen LogP contribution in [0.15, 0.2) is 0 Å². The van der Waals surface area contributed by atoms with E-state index in [4.69, 9.17) is 4.74 Å². The van der Waals surface area contributed by atoms with Crippen molar-refractivity contribution in [1.82, 2.24) is 16.0 Å². The van der Waals surface area contributed by atoms with E-state index in [0.29, 0.717) is 13.0 Å². The average molecular weight is 374 g/mol. The number of rotatable bonds is 10. The van der Waals surface area contributed by atoms with Crippen molar-refractivity contribution in [2.24, 2.45) is 5.41 Å². The van der Waals surface area contributed by atoms with Gasteiger partial charge in [0.2, 0.25) is 5.91 Å². The van der Waals surface area contributed by atoms with Crippen molar-refractivity contribution in [2.75, 3.05) is 25.2 Å². The highest BCUT2D eigenvalue weighted by atomic mass is 32.2. The molecule has 0 aromatic rings. The number of carbonyl (C=O) groups is 3. The maximum atomic E-state index is 11.7. The Morgan fingerprint density at radius 2 is 1.88 bits per heavy atom. The summed E-state index contributed by atoms with van der Waals surface area (Å²) in [6, 6.07) is 0.172. The highest BCUT2D eigenvalue weighted by Gasteiger charge is 2.30. The van der Waals surface area contributed by atoms with Gasteiger partial charge < -0.3 is 20.7 Å². The Morgan fingerprint density at radius 1 is 1.20 bits per heavy atom. The molecule has 1 heterocycles. The topological polar surface area (TPSA) is 96.5 Å². The van der Waals surface area contributed by atoms with E-state index in [0.717, 1.165) is 25.0 Å². The van der Waals surface area contributed by atoms with E-state index in [-0.39, 0.29) is 36.6 Å². The predicted octanol–water partition coefficient (Wildman–Crippen LogP) is 1.67. The van der Waals surface area contributed by atoms with E-state index in [1.54, 1.807) is 11.8 Å². The number of urea groups is 1. The summed E-state index contributed by atoms with van der Waals surface area (Å²) in [6.45, 7) is 6.03. The zero-order valence-corrected chi connectivity index (χ0v) is 16.5. The third-order valence-corrected chi connectivity index (χ3v) is 4.64. The highest BCUT2D eigenvalue weighted by Crippen LogP contribution is 2.14. The molecule has 1 unspecified atom stereocenters. The zero-order chi connectivity index (χ0) is 18.9.